The van der Waals surface area contributed by atoms with Crippen LogP contribution < -0.4 is 0 Å². The Morgan fingerprint density at radius 3 is 2.22 bits per heavy atom. The van der Waals surface area contributed by atoms with E-state index < -0.39 is 5.97 Å². The Labute approximate surface area is 192 Å². The van der Waals surface area contributed by atoms with E-state index in [0.29, 0.717) is 18.0 Å². The number of benzene rings is 1. The van der Waals surface area contributed by atoms with Crippen LogP contribution in [-0.2, 0) is 4.79 Å². The molecule has 0 atom stereocenters. The summed E-state index contributed by atoms with van der Waals surface area (Å²) in [7, 11) is 7.34. The summed E-state index contributed by atoms with van der Waals surface area (Å²) in [6, 6.07) is 8.01. The number of hydrogen-bond donors (Lipinski definition) is 1. The van der Waals surface area contributed by atoms with Crippen LogP contribution in [0.3, 0.4) is 0 Å². The Kier molecular flexibility index (Phi) is 9.42. The van der Waals surface area contributed by atoms with Crippen LogP contribution in [0.15, 0.2) is 59.7 Å². The Balaban J connectivity index is 1.92. The Morgan fingerprint density at radius 1 is 1.12 bits per heavy atom. The van der Waals surface area contributed by atoms with Gasteiger partial charge in [0.2, 0.25) is 0 Å². The number of carboxylic acids is 1. The number of likely N-dealkylation sites (N-methyl/N-ethyl adjacent to an activating group) is 1. The summed E-state index contributed by atoms with van der Waals surface area (Å²) in [6.45, 7) is 9.36. The maximum atomic E-state index is 12.1. The topological polar surface area (TPSA) is 64.1 Å². The molecule has 6 nitrogen and oxygen atoms in total. The number of carboxylic acid groups (broad SMARTS) is 1. The minimum Gasteiger partial charge on any atom is -0.478 e. The molecule has 0 aliphatic carbocycles. The van der Waals surface area contributed by atoms with Gasteiger partial charge in [-0.2, -0.15) is 0 Å². The number of piperidine rings is 1. The van der Waals surface area contributed by atoms with E-state index in [2.05, 4.69) is 23.6 Å². The third kappa shape index (κ3) is 7.46. The summed E-state index contributed by atoms with van der Waals surface area (Å²) in [6.07, 6.45) is 5.73. The van der Waals surface area contributed by atoms with Gasteiger partial charge in [-0.3, -0.25) is 9.69 Å². The molecule has 1 aromatic carbocycles. The summed E-state index contributed by atoms with van der Waals surface area (Å²) in [5.74, 6) is -0.417. The molecule has 1 N–H and O–H groups in total. The molecule has 1 aromatic rings. The van der Waals surface area contributed by atoms with Gasteiger partial charge in [-0.15, -0.1) is 0 Å². The Hall–Kier alpha value is -2.70. The van der Waals surface area contributed by atoms with Crippen molar-refractivity contribution in [3.05, 3.63) is 70.8 Å². The summed E-state index contributed by atoms with van der Waals surface area (Å²) in [5, 5.41) is 9.49. The molecular formula is C26H37N3O3. The van der Waals surface area contributed by atoms with Crippen molar-refractivity contribution in [2.45, 2.75) is 25.7 Å². The zero-order valence-electron chi connectivity index (χ0n) is 20.1. The van der Waals surface area contributed by atoms with E-state index in [1.807, 2.05) is 44.1 Å². The molecule has 0 unspecified atom stereocenters. The number of nitrogens with zero attached hydrogens (tertiary/aromatic N) is 3. The van der Waals surface area contributed by atoms with E-state index in [0.717, 1.165) is 43.6 Å². The van der Waals surface area contributed by atoms with Crippen molar-refractivity contribution in [3.8, 4) is 0 Å². The fraction of sp³-hybridized carbons (Fsp3) is 0.462. The number of allylic oxidation sites excluding steroid dienone is 1. The van der Waals surface area contributed by atoms with Gasteiger partial charge in [-0.1, -0.05) is 36.4 Å². The van der Waals surface area contributed by atoms with Crippen molar-refractivity contribution in [2.24, 2.45) is 0 Å². The van der Waals surface area contributed by atoms with Gasteiger partial charge < -0.3 is 14.9 Å². The molecule has 1 amide bonds. The number of carbonyl (C=O) groups is 2. The predicted molar refractivity (Wildman–Crippen MR) is 130 cm³/mol. The summed E-state index contributed by atoms with van der Waals surface area (Å²) in [4.78, 5) is 29.6. The average molecular weight is 440 g/mol. The van der Waals surface area contributed by atoms with E-state index in [4.69, 9.17) is 0 Å². The second-order valence-electron chi connectivity index (χ2n) is 9.07. The highest BCUT2D eigenvalue weighted by Crippen LogP contribution is 2.28. The fourth-order valence-corrected chi connectivity index (χ4v) is 3.98. The first-order valence-electron chi connectivity index (χ1n) is 11.1. The van der Waals surface area contributed by atoms with Crippen LogP contribution in [0.5, 0.6) is 0 Å². The molecule has 0 aromatic heterocycles. The van der Waals surface area contributed by atoms with Crippen LogP contribution in [0.2, 0.25) is 0 Å². The smallest absolute Gasteiger partial charge is 0.335 e. The standard InChI is InChI=1S/C26H37N3O3/c1-19(17-20(2)24(26(31)32)13-14-27(3)4)18-29-15-11-22(12-16-29)21-7-9-23(10-8-21)25(30)28(5)6/h7-10,13,17,22H,2,11-12,14-16,18H2,1,3-6H3,(H,31,32)/b19-17+,24-13+. The van der Waals surface area contributed by atoms with Gasteiger partial charge in [-0.25, -0.2) is 4.79 Å². The number of rotatable bonds is 9. The second kappa shape index (κ2) is 11.8. The zero-order chi connectivity index (χ0) is 23.8. The van der Waals surface area contributed by atoms with E-state index >= 15 is 0 Å². The number of carbonyl (C=O) groups excluding carboxylic acids is 1. The number of likely N-dealkylation sites (tertiary alicyclic amines) is 1. The normalized spacial score (nSPS) is 16.3. The Morgan fingerprint density at radius 2 is 1.72 bits per heavy atom. The van der Waals surface area contributed by atoms with Crippen LogP contribution in [0, 0.1) is 0 Å². The molecule has 1 aliphatic heterocycles. The van der Waals surface area contributed by atoms with Crippen LogP contribution >= 0.6 is 0 Å². The van der Waals surface area contributed by atoms with Gasteiger partial charge >= 0.3 is 5.97 Å². The van der Waals surface area contributed by atoms with E-state index in [9.17, 15) is 14.7 Å². The molecular weight excluding hydrogens is 402 g/mol. The molecule has 2 rings (SSSR count). The lowest BCUT2D eigenvalue weighted by Crippen LogP contribution is -2.34. The third-order valence-electron chi connectivity index (χ3n) is 5.75. The van der Waals surface area contributed by atoms with Gasteiger partial charge in [0.25, 0.3) is 5.91 Å². The highest BCUT2D eigenvalue weighted by Gasteiger charge is 2.21. The van der Waals surface area contributed by atoms with Gasteiger partial charge in [0.05, 0.1) is 5.57 Å². The lowest BCUT2D eigenvalue weighted by Gasteiger charge is -2.32. The predicted octanol–water partition coefficient (Wildman–Crippen LogP) is 3.64. The first-order chi connectivity index (χ1) is 15.1. The quantitative estimate of drug-likeness (QED) is 0.470. The number of amides is 1. The SMILES string of the molecule is C=C(/C=C(\C)CN1CCC(c2ccc(C(=O)N(C)C)cc2)CC1)/C(=C\CN(C)C)C(=O)O. The van der Waals surface area contributed by atoms with Crippen molar-refractivity contribution in [2.75, 3.05) is 54.4 Å². The van der Waals surface area contributed by atoms with E-state index in [-0.39, 0.29) is 11.5 Å². The van der Waals surface area contributed by atoms with Crippen molar-refractivity contribution in [1.29, 1.82) is 0 Å². The monoisotopic (exact) mass is 439 g/mol. The molecule has 0 bridgehead atoms. The first kappa shape index (κ1) is 25.6. The largest absolute Gasteiger partial charge is 0.478 e. The molecule has 0 radical (unpaired) electrons. The molecule has 1 aliphatic rings. The minimum atomic E-state index is -0.944. The van der Waals surface area contributed by atoms with Gasteiger partial charge in [0.1, 0.15) is 0 Å². The highest BCUT2D eigenvalue weighted by atomic mass is 16.4. The summed E-state index contributed by atoms with van der Waals surface area (Å²) < 4.78 is 0. The van der Waals surface area contributed by atoms with Crippen molar-refractivity contribution >= 4 is 11.9 Å². The highest BCUT2D eigenvalue weighted by molar-refractivity contribution is 5.94. The molecule has 32 heavy (non-hydrogen) atoms. The summed E-state index contributed by atoms with van der Waals surface area (Å²) in [5.41, 5.74) is 3.92. The molecule has 1 fully saturated rings. The average Bonchev–Trinajstić information content (AvgIpc) is 2.73. The van der Waals surface area contributed by atoms with Gasteiger partial charge in [-0.05, 0) is 76.1 Å². The maximum Gasteiger partial charge on any atom is 0.335 e. The summed E-state index contributed by atoms with van der Waals surface area (Å²) >= 11 is 0. The fourth-order valence-electron chi connectivity index (χ4n) is 3.98. The van der Waals surface area contributed by atoms with Gasteiger partial charge in [0, 0.05) is 32.7 Å². The van der Waals surface area contributed by atoms with Crippen LogP contribution in [0.4, 0.5) is 0 Å². The minimum absolute atomic E-state index is 0.0258. The first-order valence-corrected chi connectivity index (χ1v) is 11.1. The molecule has 0 saturated carbocycles. The molecule has 1 heterocycles. The van der Waals surface area contributed by atoms with Crippen LogP contribution in [0.1, 0.15) is 41.6 Å². The molecule has 0 spiro atoms. The van der Waals surface area contributed by atoms with Crippen molar-refractivity contribution in [3.63, 3.8) is 0 Å². The second-order valence-corrected chi connectivity index (χ2v) is 9.07. The molecule has 6 heteroatoms. The Bertz CT molecular complexity index is 874. The molecule has 174 valence electrons. The maximum absolute atomic E-state index is 12.1. The number of hydrogen-bond acceptors (Lipinski definition) is 4. The van der Waals surface area contributed by atoms with Crippen molar-refractivity contribution in [1.82, 2.24) is 14.7 Å². The van der Waals surface area contributed by atoms with Crippen LogP contribution in [0.25, 0.3) is 0 Å². The van der Waals surface area contributed by atoms with Crippen LogP contribution in [-0.4, -0.2) is 86.1 Å². The van der Waals surface area contributed by atoms with Crippen molar-refractivity contribution < 1.29 is 14.7 Å². The lowest BCUT2D eigenvalue weighted by molar-refractivity contribution is -0.132. The number of aliphatic carboxylic acids is 1. The molecule has 1 saturated heterocycles. The van der Waals surface area contributed by atoms with Gasteiger partial charge in [0.15, 0.2) is 0 Å². The third-order valence-corrected chi connectivity index (χ3v) is 5.75. The van der Waals surface area contributed by atoms with E-state index in [1.165, 1.54) is 5.56 Å². The van der Waals surface area contributed by atoms with E-state index in [1.54, 1.807) is 25.1 Å². The zero-order valence-corrected chi connectivity index (χ0v) is 20.1. The lowest BCUT2D eigenvalue weighted by atomic mass is 9.88.